The Kier molecular flexibility index (Phi) is 1.53. The Labute approximate surface area is 76.1 Å². The van der Waals surface area contributed by atoms with Gasteiger partial charge in [-0.1, -0.05) is 6.92 Å². The van der Waals surface area contributed by atoms with Crippen molar-refractivity contribution >= 4 is 29.0 Å². The van der Waals surface area contributed by atoms with Crippen LogP contribution in [0.1, 0.15) is 19.8 Å². The van der Waals surface area contributed by atoms with Crippen molar-refractivity contribution in [3.05, 3.63) is 0 Å². The zero-order chi connectivity index (χ0) is 8.22. The van der Waals surface area contributed by atoms with Gasteiger partial charge in [-0.25, -0.2) is 0 Å². The van der Waals surface area contributed by atoms with Gasteiger partial charge in [-0.2, -0.15) is 0 Å². The van der Waals surface area contributed by atoms with Crippen LogP contribution in [0.3, 0.4) is 0 Å². The minimum atomic E-state index is -0.284. The van der Waals surface area contributed by atoms with E-state index in [9.17, 15) is 4.79 Å². The van der Waals surface area contributed by atoms with Gasteiger partial charge >= 0.3 is 0 Å². The van der Waals surface area contributed by atoms with E-state index >= 15 is 0 Å². The quantitative estimate of drug-likeness (QED) is 0.539. The summed E-state index contributed by atoms with van der Waals surface area (Å²) >= 11 is 12.0. The third kappa shape index (κ3) is 0.714. The molecule has 0 aliphatic heterocycles. The van der Waals surface area contributed by atoms with Crippen LogP contribution in [0.25, 0.3) is 0 Å². The molecule has 0 radical (unpaired) electrons. The number of halogens is 2. The lowest BCUT2D eigenvalue weighted by Crippen LogP contribution is -2.58. The van der Waals surface area contributed by atoms with Gasteiger partial charge in [0.05, 0.1) is 10.8 Å². The maximum Gasteiger partial charge on any atom is 0.140 e. The molecular formula is C8H10Cl2O. The van der Waals surface area contributed by atoms with Crippen LogP contribution >= 0.6 is 23.2 Å². The normalized spacial score (nSPS) is 55.5. The van der Waals surface area contributed by atoms with E-state index in [1.807, 2.05) is 6.92 Å². The Hall–Kier alpha value is 0.250. The number of fused-ring (bicyclic) bond motifs is 1. The van der Waals surface area contributed by atoms with Gasteiger partial charge in [0.1, 0.15) is 5.78 Å². The van der Waals surface area contributed by atoms with Crippen LogP contribution in [0.5, 0.6) is 0 Å². The van der Waals surface area contributed by atoms with E-state index < -0.39 is 0 Å². The average Bonchev–Trinajstić information content (AvgIpc) is 2.27. The first-order valence-corrected chi connectivity index (χ1v) is 4.77. The Morgan fingerprint density at radius 3 is 2.73 bits per heavy atom. The van der Waals surface area contributed by atoms with Gasteiger partial charge in [0.25, 0.3) is 0 Å². The van der Waals surface area contributed by atoms with Gasteiger partial charge in [-0.05, 0) is 12.3 Å². The molecule has 3 heteroatoms. The molecule has 0 spiro atoms. The first-order chi connectivity index (χ1) is 5.08. The first kappa shape index (κ1) is 7.88. The zero-order valence-corrected chi connectivity index (χ0v) is 7.82. The molecule has 11 heavy (non-hydrogen) atoms. The smallest absolute Gasteiger partial charge is 0.140 e. The molecule has 0 aromatic carbocycles. The summed E-state index contributed by atoms with van der Waals surface area (Å²) in [5, 5.41) is -0.114. The van der Waals surface area contributed by atoms with Crippen LogP contribution in [-0.2, 0) is 4.79 Å². The van der Waals surface area contributed by atoms with Gasteiger partial charge in [0, 0.05) is 11.8 Å². The van der Waals surface area contributed by atoms with Crippen LogP contribution in [0.15, 0.2) is 0 Å². The summed E-state index contributed by atoms with van der Waals surface area (Å²) in [6.45, 7) is 1.95. The van der Waals surface area contributed by atoms with E-state index in [4.69, 9.17) is 23.2 Å². The number of rotatable bonds is 0. The van der Waals surface area contributed by atoms with Crippen LogP contribution in [-0.4, -0.2) is 16.5 Å². The fraction of sp³-hybridized carbons (Fsp3) is 0.875. The highest BCUT2D eigenvalue weighted by Gasteiger charge is 2.64. The number of hydrogen-bond donors (Lipinski definition) is 0. The van der Waals surface area contributed by atoms with Crippen LogP contribution in [0.4, 0.5) is 0 Å². The van der Waals surface area contributed by atoms with E-state index in [2.05, 4.69) is 0 Å². The number of Topliss-reactive ketones (excluding diaryl/α,β-unsaturated/α-hetero) is 1. The van der Waals surface area contributed by atoms with E-state index in [-0.39, 0.29) is 16.2 Å². The summed E-state index contributed by atoms with van der Waals surface area (Å²) < 4.78 is 0. The van der Waals surface area contributed by atoms with Crippen molar-refractivity contribution in [2.45, 2.75) is 30.5 Å². The summed E-state index contributed by atoms with van der Waals surface area (Å²) in [5.41, 5.74) is -0.284. The van der Waals surface area contributed by atoms with Crippen molar-refractivity contribution in [1.82, 2.24) is 0 Å². The van der Waals surface area contributed by atoms with Gasteiger partial charge in [0.15, 0.2) is 0 Å². The molecule has 0 unspecified atom stereocenters. The lowest BCUT2D eigenvalue weighted by molar-refractivity contribution is -0.129. The van der Waals surface area contributed by atoms with Crippen molar-refractivity contribution < 1.29 is 4.79 Å². The second-order valence-electron chi connectivity index (χ2n) is 3.70. The minimum Gasteiger partial charge on any atom is -0.299 e. The second kappa shape index (κ2) is 2.14. The minimum absolute atomic E-state index is 0.0214. The molecule has 0 heterocycles. The lowest BCUT2D eigenvalue weighted by Gasteiger charge is -2.49. The highest BCUT2D eigenvalue weighted by molar-refractivity contribution is 6.34. The molecule has 0 N–H and O–H groups in total. The maximum absolute atomic E-state index is 11.4. The molecule has 2 aliphatic carbocycles. The monoisotopic (exact) mass is 192 g/mol. The summed E-state index contributed by atoms with van der Waals surface area (Å²) in [6, 6.07) is 0. The summed E-state index contributed by atoms with van der Waals surface area (Å²) in [6.07, 6.45) is 1.61. The van der Waals surface area contributed by atoms with Gasteiger partial charge < -0.3 is 0 Å². The number of carbonyl (C=O) groups is 1. The molecule has 0 aromatic heterocycles. The Balaban J connectivity index is 2.30. The molecule has 2 fully saturated rings. The molecule has 0 saturated heterocycles. The third-order valence-corrected chi connectivity index (χ3v) is 4.70. The standard InChI is InChI=1S/C8H10Cl2O/c1-8-4(2-3-5(8)11)6(9)7(8)10/h4,6-7H,2-3H2,1H3/t4-,6-,7+,8+/m1/s1. The molecular weight excluding hydrogens is 183 g/mol. The van der Waals surface area contributed by atoms with Crippen molar-refractivity contribution in [2.75, 3.05) is 0 Å². The lowest BCUT2D eigenvalue weighted by atomic mass is 9.62. The Morgan fingerprint density at radius 2 is 2.18 bits per heavy atom. The fourth-order valence-electron chi connectivity index (χ4n) is 2.33. The molecule has 2 saturated carbocycles. The van der Waals surface area contributed by atoms with E-state index in [1.165, 1.54) is 0 Å². The largest absolute Gasteiger partial charge is 0.299 e. The number of alkyl halides is 2. The van der Waals surface area contributed by atoms with E-state index in [0.29, 0.717) is 18.1 Å². The highest BCUT2D eigenvalue weighted by atomic mass is 35.5. The molecule has 1 nitrogen and oxygen atoms in total. The van der Waals surface area contributed by atoms with Crippen molar-refractivity contribution in [3.8, 4) is 0 Å². The van der Waals surface area contributed by atoms with Crippen molar-refractivity contribution in [1.29, 1.82) is 0 Å². The fourth-order valence-corrected chi connectivity index (χ4v) is 3.44. The summed E-state index contributed by atoms with van der Waals surface area (Å²) in [7, 11) is 0. The van der Waals surface area contributed by atoms with E-state index in [0.717, 1.165) is 6.42 Å². The number of carbonyl (C=O) groups excluding carboxylic acids is 1. The summed E-state index contributed by atoms with van der Waals surface area (Å²) in [4.78, 5) is 11.4. The molecule has 2 rings (SSSR count). The SMILES string of the molecule is C[C@@]12C(=O)CC[C@@H]1[C@@H](Cl)[C@@H]2Cl. The Morgan fingerprint density at radius 1 is 1.55 bits per heavy atom. The van der Waals surface area contributed by atoms with Crippen molar-refractivity contribution in [2.24, 2.45) is 11.3 Å². The molecule has 0 amide bonds. The molecule has 2 aliphatic rings. The van der Waals surface area contributed by atoms with Gasteiger partial charge in [0.2, 0.25) is 0 Å². The van der Waals surface area contributed by atoms with E-state index in [1.54, 1.807) is 0 Å². The average molecular weight is 193 g/mol. The van der Waals surface area contributed by atoms with Crippen LogP contribution < -0.4 is 0 Å². The molecule has 62 valence electrons. The predicted molar refractivity (Wildman–Crippen MR) is 45.1 cm³/mol. The molecule has 4 atom stereocenters. The maximum atomic E-state index is 11.4. The predicted octanol–water partition coefficient (Wildman–Crippen LogP) is 2.20. The zero-order valence-electron chi connectivity index (χ0n) is 6.31. The van der Waals surface area contributed by atoms with Crippen LogP contribution in [0.2, 0.25) is 0 Å². The molecule has 0 aromatic rings. The first-order valence-electron chi connectivity index (χ1n) is 3.90. The highest BCUT2D eigenvalue weighted by Crippen LogP contribution is 2.59. The number of ketones is 1. The Bertz CT molecular complexity index is 216. The van der Waals surface area contributed by atoms with Gasteiger partial charge in [-0.15, -0.1) is 23.2 Å². The van der Waals surface area contributed by atoms with Crippen molar-refractivity contribution in [3.63, 3.8) is 0 Å². The summed E-state index contributed by atoms with van der Waals surface area (Å²) in [5.74, 6) is 0.651. The topological polar surface area (TPSA) is 17.1 Å². The van der Waals surface area contributed by atoms with Gasteiger partial charge in [-0.3, -0.25) is 4.79 Å². The molecule has 0 bridgehead atoms. The number of hydrogen-bond acceptors (Lipinski definition) is 1. The second-order valence-corrected chi connectivity index (χ2v) is 4.67. The van der Waals surface area contributed by atoms with Crippen LogP contribution in [0, 0.1) is 11.3 Å². The third-order valence-electron chi connectivity index (χ3n) is 3.29.